The number of methoxy groups -OCH3 is 1. The number of amides is 2. The van der Waals surface area contributed by atoms with E-state index in [1.54, 1.807) is 24.1 Å². The summed E-state index contributed by atoms with van der Waals surface area (Å²) in [6, 6.07) is 21.9. The first-order valence-electron chi connectivity index (χ1n) is 10.5. The van der Waals surface area contributed by atoms with E-state index in [2.05, 4.69) is 5.32 Å². The summed E-state index contributed by atoms with van der Waals surface area (Å²) in [6.45, 7) is 2.84. The Morgan fingerprint density at radius 1 is 1.09 bits per heavy atom. The molecule has 0 fully saturated rings. The van der Waals surface area contributed by atoms with Crippen LogP contribution in [-0.2, 0) is 11.3 Å². The van der Waals surface area contributed by atoms with Crippen LogP contribution in [0.4, 0.5) is 0 Å². The smallest absolute Gasteiger partial charge is 0.255 e. The maximum Gasteiger partial charge on any atom is 0.255 e. The Hall–Kier alpha value is -3.31. The molecule has 164 valence electrons. The predicted molar refractivity (Wildman–Crippen MR) is 125 cm³/mol. The molecule has 0 saturated carbocycles. The highest BCUT2D eigenvalue weighted by Gasteiger charge is 2.41. The number of nitrogens with zero attached hydrogens (tertiary/aromatic N) is 1. The topological polar surface area (TPSA) is 58.6 Å². The van der Waals surface area contributed by atoms with E-state index in [-0.39, 0.29) is 17.7 Å². The van der Waals surface area contributed by atoms with Crippen molar-refractivity contribution in [2.45, 2.75) is 25.4 Å². The number of fused-ring (bicyclic) bond motifs is 1. The Morgan fingerprint density at radius 2 is 1.81 bits per heavy atom. The fourth-order valence-electron chi connectivity index (χ4n) is 4.07. The maximum atomic E-state index is 13.3. The number of ether oxygens (including phenoxy) is 1. The zero-order valence-electron chi connectivity index (χ0n) is 18.0. The highest BCUT2D eigenvalue weighted by atomic mass is 35.5. The molecule has 3 aromatic rings. The molecule has 0 spiro atoms. The zero-order valence-corrected chi connectivity index (χ0v) is 18.8. The van der Waals surface area contributed by atoms with Gasteiger partial charge in [-0.2, -0.15) is 0 Å². The Kier molecular flexibility index (Phi) is 6.47. The molecule has 0 saturated heterocycles. The Morgan fingerprint density at radius 3 is 2.50 bits per heavy atom. The summed E-state index contributed by atoms with van der Waals surface area (Å²) in [5.74, 6) is 0.249. The second-order valence-electron chi connectivity index (χ2n) is 7.97. The minimum Gasteiger partial charge on any atom is -0.497 e. The van der Waals surface area contributed by atoms with E-state index in [1.807, 2.05) is 67.6 Å². The third-order valence-corrected chi connectivity index (χ3v) is 6.08. The lowest BCUT2D eigenvalue weighted by Crippen LogP contribution is -2.40. The van der Waals surface area contributed by atoms with Crippen LogP contribution in [0.3, 0.4) is 0 Å². The van der Waals surface area contributed by atoms with Crippen molar-refractivity contribution in [3.63, 3.8) is 0 Å². The molecule has 3 aromatic carbocycles. The average Bonchev–Trinajstić information content (AvgIpc) is 3.09. The van der Waals surface area contributed by atoms with Gasteiger partial charge in [0.05, 0.1) is 7.11 Å². The first-order valence-corrected chi connectivity index (χ1v) is 10.9. The van der Waals surface area contributed by atoms with E-state index in [0.29, 0.717) is 35.0 Å². The lowest BCUT2D eigenvalue weighted by Gasteiger charge is -2.27. The van der Waals surface area contributed by atoms with Crippen molar-refractivity contribution in [2.75, 3.05) is 13.7 Å². The number of carbonyl (C=O) groups excluding carboxylic acids is 2. The molecular formula is C26H25ClN2O3. The van der Waals surface area contributed by atoms with Gasteiger partial charge in [0.25, 0.3) is 5.91 Å². The van der Waals surface area contributed by atoms with Crippen LogP contribution in [0.5, 0.6) is 5.75 Å². The van der Waals surface area contributed by atoms with Gasteiger partial charge in [0, 0.05) is 23.7 Å². The highest BCUT2D eigenvalue weighted by Crippen LogP contribution is 2.37. The molecule has 2 amide bonds. The molecule has 1 aliphatic heterocycles. The fraction of sp³-hybridized carbons (Fsp3) is 0.231. The van der Waals surface area contributed by atoms with Crippen LogP contribution < -0.4 is 10.1 Å². The predicted octanol–water partition coefficient (Wildman–Crippen LogP) is 4.97. The van der Waals surface area contributed by atoms with Crippen LogP contribution in [0.15, 0.2) is 72.8 Å². The molecule has 6 heteroatoms. The van der Waals surface area contributed by atoms with E-state index in [1.165, 1.54) is 0 Å². The Labute approximate surface area is 193 Å². The average molecular weight is 449 g/mol. The third kappa shape index (κ3) is 4.48. The molecule has 1 N–H and O–H groups in total. The largest absolute Gasteiger partial charge is 0.497 e. The summed E-state index contributed by atoms with van der Waals surface area (Å²) in [6.07, 6.45) is 0. The van der Waals surface area contributed by atoms with Crippen molar-refractivity contribution in [1.29, 1.82) is 0 Å². The molecule has 0 aromatic heterocycles. The van der Waals surface area contributed by atoms with Crippen molar-refractivity contribution >= 4 is 23.4 Å². The minimum atomic E-state index is -0.693. The monoisotopic (exact) mass is 448 g/mol. The van der Waals surface area contributed by atoms with Crippen molar-refractivity contribution in [1.82, 2.24) is 10.2 Å². The molecular weight excluding hydrogens is 424 g/mol. The molecule has 2 atom stereocenters. The van der Waals surface area contributed by atoms with Crippen LogP contribution in [-0.4, -0.2) is 30.4 Å². The Balaban J connectivity index is 1.61. The van der Waals surface area contributed by atoms with Gasteiger partial charge in [-0.1, -0.05) is 67.1 Å². The van der Waals surface area contributed by atoms with Gasteiger partial charge in [-0.3, -0.25) is 9.59 Å². The summed E-state index contributed by atoms with van der Waals surface area (Å²) in [7, 11) is 1.56. The van der Waals surface area contributed by atoms with E-state index in [4.69, 9.17) is 16.3 Å². The second kappa shape index (κ2) is 9.45. The zero-order chi connectivity index (χ0) is 22.7. The normalized spacial score (nSPS) is 15.9. The fourth-order valence-corrected chi connectivity index (χ4v) is 4.20. The summed E-state index contributed by atoms with van der Waals surface area (Å²) >= 11 is 6.02. The molecule has 32 heavy (non-hydrogen) atoms. The number of benzene rings is 3. The van der Waals surface area contributed by atoms with Crippen LogP contribution in [0.25, 0.3) is 0 Å². The Bertz CT molecular complexity index is 1120. The van der Waals surface area contributed by atoms with Crippen molar-refractivity contribution in [3.05, 3.63) is 100 Å². The highest BCUT2D eigenvalue weighted by molar-refractivity contribution is 6.30. The van der Waals surface area contributed by atoms with Crippen LogP contribution in [0.2, 0.25) is 5.02 Å². The van der Waals surface area contributed by atoms with Gasteiger partial charge >= 0.3 is 0 Å². The molecule has 1 heterocycles. The van der Waals surface area contributed by atoms with Crippen molar-refractivity contribution in [3.8, 4) is 5.75 Å². The first-order chi connectivity index (χ1) is 15.5. The molecule has 5 nitrogen and oxygen atoms in total. The number of carbonyl (C=O) groups is 2. The summed E-state index contributed by atoms with van der Waals surface area (Å²) < 4.78 is 5.30. The molecule has 0 aliphatic carbocycles. The van der Waals surface area contributed by atoms with Gasteiger partial charge in [0.15, 0.2) is 0 Å². The van der Waals surface area contributed by atoms with Crippen molar-refractivity contribution < 1.29 is 14.3 Å². The lowest BCUT2D eigenvalue weighted by atomic mass is 9.99. The minimum absolute atomic E-state index is 0.0249. The van der Waals surface area contributed by atoms with E-state index in [0.717, 1.165) is 11.1 Å². The molecule has 0 bridgehead atoms. The maximum absolute atomic E-state index is 13.3. The third-order valence-electron chi connectivity index (χ3n) is 5.83. The van der Waals surface area contributed by atoms with Crippen LogP contribution in [0.1, 0.15) is 45.9 Å². The quantitative estimate of drug-likeness (QED) is 0.555. The van der Waals surface area contributed by atoms with Gasteiger partial charge in [0.1, 0.15) is 11.8 Å². The second-order valence-corrected chi connectivity index (χ2v) is 8.41. The number of nitrogens with one attached hydrogen (secondary N) is 1. The molecule has 2 unspecified atom stereocenters. The van der Waals surface area contributed by atoms with Crippen LogP contribution >= 0.6 is 11.6 Å². The van der Waals surface area contributed by atoms with Gasteiger partial charge in [0.2, 0.25) is 5.91 Å². The number of hydrogen-bond donors (Lipinski definition) is 1. The molecule has 0 radical (unpaired) electrons. The van der Waals surface area contributed by atoms with E-state index >= 15 is 0 Å². The van der Waals surface area contributed by atoms with Gasteiger partial charge in [-0.15, -0.1) is 0 Å². The van der Waals surface area contributed by atoms with Crippen LogP contribution in [0, 0.1) is 0 Å². The first kappa shape index (κ1) is 21.9. The SMILES string of the molecule is COc1ccc2c(c1)C(=O)N(CC(C)c1ccc(Cl)cc1)C2C(=O)NCc1ccccc1. The van der Waals surface area contributed by atoms with E-state index < -0.39 is 6.04 Å². The molecule has 4 rings (SSSR count). The number of halogens is 1. The number of hydrogen-bond acceptors (Lipinski definition) is 3. The number of rotatable bonds is 7. The summed E-state index contributed by atoms with van der Waals surface area (Å²) in [5, 5.41) is 3.66. The van der Waals surface area contributed by atoms with E-state index in [9.17, 15) is 9.59 Å². The van der Waals surface area contributed by atoms with Gasteiger partial charge in [-0.05, 0) is 46.9 Å². The van der Waals surface area contributed by atoms with Gasteiger partial charge in [-0.25, -0.2) is 0 Å². The summed E-state index contributed by atoms with van der Waals surface area (Å²) in [4.78, 5) is 28.3. The van der Waals surface area contributed by atoms with Gasteiger partial charge < -0.3 is 15.0 Å². The van der Waals surface area contributed by atoms with Crippen molar-refractivity contribution in [2.24, 2.45) is 0 Å². The molecule has 1 aliphatic rings. The summed E-state index contributed by atoms with van der Waals surface area (Å²) in [5.41, 5.74) is 3.26. The standard InChI is InChI=1S/C26H25ClN2O3/c1-17(19-8-10-20(27)11-9-19)16-29-24(25(30)28-15-18-6-4-3-5-7-18)22-13-12-21(32-2)14-23(22)26(29)31/h3-14,17,24H,15-16H2,1-2H3,(H,28,30). The lowest BCUT2D eigenvalue weighted by molar-refractivity contribution is -0.125.